The fraction of sp³-hybridized carbons (Fsp3) is 0.455. The maximum Gasteiger partial charge on any atom is 0.246 e. The molecule has 6 heteroatoms. The molecule has 1 heterocycles. The molecule has 1 aromatic carbocycles. The van der Waals surface area contributed by atoms with E-state index in [-0.39, 0.29) is 10.9 Å². The highest BCUT2D eigenvalue weighted by Gasteiger charge is 2.31. The Hall–Kier alpha value is -0.980. The molecule has 1 aromatic rings. The molecule has 1 fully saturated rings. The van der Waals surface area contributed by atoms with E-state index in [0.717, 1.165) is 19.0 Å². The van der Waals surface area contributed by atoms with Crippen molar-refractivity contribution in [3.63, 3.8) is 0 Å². The summed E-state index contributed by atoms with van der Waals surface area (Å²) in [4.78, 5) is -0.255. The summed E-state index contributed by atoms with van der Waals surface area (Å²) in [6, 6.07) is 5.36. The average molecular weight is 258 g/mol. The van der Waals surface area contributed by atoms with E-state index in [1.807, 2.05) is 0 Å². The number of sulfonamides is 1. The molecule has 1 aliphatic heterocycles. The lowest BCUT2D eigenvalue weighted by molar-refractivity contribution is 0.385. The van der Waals surface area contributed by atoms with Crippen LogP contribution in [0.3, 0.4) is 0 Å². The summed E-state index contributed by atoms with van der Waals surface area (Å²) in [7, 11) is -2.24. The maximum atomic E-state index is 13.5. The smallest absolute Gasteiger partial charge is 0.246 e. The zero-order valence-corrected chi connectivity index (χ0v) is 10.4. The molecule has 0 spiro atoms. The third-order valence-corrected chi connectivity index (χ3v) is 4.99. The van der Waals surface area contributed by atoms with Crippen molar-refractivity contribution in [2.24, 2.45) is 0 Å². The van der Waals surface area contributed by atoms with Crippen LogP contribution in [-0.2, 0) is 10.0 Å². The molecule has 1 atom stereocenters. The van der Waals surface area contributed by atoms with Crippen molar-refractivity contribution in [2.75, 3.05) is 20.1 Å². The second-order valence-corrected chi connectivity index (χ2v) is 6.06. The van der Waals surface area contributed by atoms with E-state index in [9.17, 15) is 12.8 Å². The zero-order valence-electron chi connectivity index (χ0n) is 9.56. The number of halogens is 1. The average Bonchev–Trinajstić information content (AvgIpc) is 2.81. The van der Waals surface area contributed by atoms with Gasteiger partial charge < -0.3 is 5.32 Å². The van der Waals surface area contributed by atoms with Gasteiger partial charge in [-0.2, -0.15) is 4.31 Å². The van der Waals surface area contributed by atoms with Crippen molar-refractivity contribution in [3.8, 4) is 0 Å². The van der Waals surface area contributed by atoms with Gasteiger partial charge in [-0.05, 0) is 25.1 Å². The molecule has 1 aliphatic rings. The first-order valence-corrected chi connectivity index (χ1v) is 6.91. The van der Waals surface area contributed by atoms with Gasteiger partial charge in [-0.3, -0.25) is 0 Å². The van der Waals surface area contributed by atoms with Crippen molar-refractivity contribution in [1.82, 2.24) is 9.62 Å². The molecular weight excluding hydrogens is 243 g/mol. The number of nitrogens with zero attached hydrogens (tertiary/aromatic N) is 1. The second kappa shape index (κ2) is 4.72. The van der Waals surface area contributed by atoms with Crippen LogP contribution < -0.4 is 5.32 Å². The molecule has 4 nitrogen and oxygen atoms in total. The summed E-state index contributed by atoms with van der Waals surface area (Å²) in [5.74, 6) is -0.703. The molecule has 2 rings (SSSR count). The molecule has 0 aliphatic carbocycles. The third kappa shape index (κ3) is 2.34. The van der Waals surface area contributed by atoms with Crippen molar-refractivity contribution >= 4 is 10.0 Å². The molecule has 0 saturated carbocycles. The van der Waals surface area contributed by atoms with Gasteiger partial charge in [0.1, 0.15) is 10.7 Å². The predicted molar refractivity (Wildman–Crippen MR) is 62.6 cm³/mol. The van der Waals surface area contributed by atoms with Crippen molar-refractivity contribution < 1.29 is 12.8 Å². The van der Waals surface area contributed by atoms with Gasteiger partial charge >= 0.3 is 0 Å². The molecule has 0 aromatic heterocycles. The fourth-order valence-corrected chi connectivity index (χ4v) is 3.40. The van der Waals surface area contributed by atoms with Gasteiger partial charge in [-0.1, -0.05) is 12.1 Å². The van der Waals surface area contributed by atoms with Crippen LogP contribution in [0.4, 0.5) is 4.39 Å². The summed E-state index contributed by atoms with van der Waals surface area (Å²) in [5.41, 5.74) is 0. The highest BCUT2D eigenvalue weighted by atomic mass is 32.2. The van der Waals surface area contributed by atoms with E-state index in [1.165, 1.54) is 29.6 Å². The fourth-order valence-electron chi connectivity index (χ4n) is 1.96. The van der Waals surface area contributed by atoms with Crippen LogP contribution in [0, 0.1) is 5.82 Å². The molecule has 0 bridgehead atoms. The van der Waals surface area contributed by atoms with E-state index in [0.29, 0.717) is 6.54 Å². The van der Waals surface area contributed by atoms with E-state index >= 15 is 0 Å². The van der Waals surface area contributed by atoms with Crippen molar-refractivity contribution in [2.45, 2.75) is 17.4 Å². The number of benzene rings is 1. The Morgan fingerprint density at radius 3 is 2.71 bits per heavy atom. The van der Waals surface area contributed by atoms with E-state index in [2.05, 4.69) is 5.32 Å². The van der Waals surface area contributed by atoms with Crippen LogP contribution in [0.2, 0.25) is 0 Å². The van der Waals surface area contributed by atoms with Gasteiger partial charge in [0, 0.05) is 19.6 Å². The number of hydrogen-bond acceptors (Lipinski definition) is 3. The lowest BCUT2D eigenvalue weighted by atomic mass is 10.3. The first-order valence-electron chi connectivity index (χ1n) is 5.47. The van der Waals surface area contributed by atoms with E-state index in [4.69, 9.17) is 0 Å². The highest BCUT2D eigenvalue weighted by Crippen LogP contribution is 2.21. The Balaban J connectivity index is 2.33. The maximum absolute atomic E-state index is 13.5. The Kier molecular flexibility index (Phi) is 3.46. The van der Waals surface area contributed by atoms with Crippen LogP contribution in [0.1, 0.15) is 6.42 Å². The summed E-state index contributed by atoms with van der Waals surface area (Å²) in [6.45, 7) is 1.41. The second-order valence-electron chi connectivity index (χ2n) is 4.10. The molecular formula is C11H15FN2O2S. The van der Waals surface area contributed by atoms with E-state index < -0.39 is 15.8 Å². The normalized spacial score (nSPS) is 21.0. The zero-order chi connectivity index (χ0) is 12.5. The SMILES string of the molecule is CN([C@@H]1CCNC1)S(=O)(=O)c1ccccc1F. The van der Waals surface area contributed by atoms with Crippen molar-refractivity contribution in [3.05, 3.63) is 30.1 Å². The third-order valence-electron chi connectivity index (χ3n) is 3.04. The minimum atomic E-state index is -3.73. The molecule has 0 unspecified atom stereocenters. The molecule has 0 amide bonds. The van der Waals surface area contributed by atoms with Crippen LogP contribution in [0.5, 0.6) is 0 Å². The minimum Gasteiger partial charge on any atom is -0.315 e. The molecule has 94 valence electrons. The number of likely N-dealkylation sites (N-methyl/N-ethyl adjacent to an activating group) is 1. The van der Waals surface area contributed by atoms with Crippen LogP contribution in [0.25, 0.3) is 0 Å². The molecule has 0 radical (unpaired) electrons. The topological polar surface area (TPSA) is 49.4 Å². The van der Waals surface area contributed by atoms with Crippen molar-refractivity contribution in [1.29, 1.82) is 0 Å². The van der Waals surface area contributed by atoms with Crippen LogP contribution in [0.15, 0.2) is 29.2 Å². The van der Waals surface area contributed by atoms with Gasteiger partial charge in [0.25, 0.3) is 0 Å². The first-order chi connectivity index (χ1) is 8.03. The van der Waals surface area contributed by atoms with E-state index in [1.54, 1.807) is 0 Å². The summed E-state index contributed by atoms with van der Waals surface area (Å²) in [5, 5.41) is 3.09. The number of hydrogen-bond donors (Lipinski definition) is 1. The van der Waals surface area contributed by atoms with Gasteiger partial charge in [0.15, 0.2) is 0 Å². The molecule has 1 saturated heterocycles. The van der Waals surface area contributed by atoms with Crippen LogP contribution >= 0.6 is 0 Å². The Bertz CT molecular complexity index is 498. The predicted octanol–water partition coefficient (Wildman–Crippen LogP) is 0.808. The van der Waals surface area contributed by atoms with Gasteiger partial charge in [0.05, 0.1) is 0 Å². The molecule has 1 N–H and O–H groups in total. The quantitative estimate of drug-likeness (QED) is 0.873. The highest BCUT2D eigenvalue weighted by molar-refractivity contribution is 7.89. The van der Waals surface area contributed by atoms with Gasteiger partial charge in [-0.25, -0.2) is 12.8 Å². The summed E-state index contributed by atoms with van der Waals surface area (Å²) in [6.07, 6.45) is 0.754. The first kappa shape index (κ1) is 12.5. The largest absolute Gasteiger partial charge is 0.315 e. The minimum absolute atomic E-state index is 0.0976. The lowest BCUT2D eigenvalue weighted by Gasteiger charge is -2.23. The summed E-state index contributed by atoms with van der Waals surface area (Å²) >= 11 is 0. The Morgan fingerprint density at radius 2 is 2.12 bits per heavy atom. The Labute approximate surface area is 100 Å². The number of nitrogens with one attached hydrogen (secondary N) is 1. The standard InChI is InChI=1S/C11H15FN2O2S/c1-14(9-6-7-13-8-9)17(15,16)11-5-3-2-4-10(11)12/h2-5,9,13H,6-8H2,1H3/t9-/m1/s1. The lowest BCUT2D eigenvalue weighted by Crippen LogP contribution is -2.38. The summed E-state index contributed by atoms with van der Waals surface area (Å²) < 4.78 is 39.2. The number of rotatable bonds is 3. The Morgan fingerprint density at radius 1 is 1.41 bits per heavy atom. The monoisotopic (exact) mass is 258 g/mol. The van der Waals surface area contributed by atoms with Gasteiger partial charge in [0.2, 0.25) is 10.0 Å². The molecule has 17 heavy (non-hydrogen) atoms. The van der Waals surface area contributed by atoms with Crippen LogP contribution in [-0.4, -0.2) is 38.9 Å². The van der Waals surface area contributed by atoms with Gasteiger partial charge in [-0.15, -0.1) is 0 Å².